The van der Waals surface area contributed by atoms with Crippen molar-refractivity contribution in [2.75, 3.05) is 7.11 Å². The summed E-state index contributed by atoms with van der Waals surface area (Å²) >= 11 is 0. The van der Waals surface area contributed by atoms with Crippen LogP contribution in [0.3, 0.4) is 0 Å². The van der Waals surface area contributed by atoms with Gasteiger partial charge in [0.15, 0.2) is 11.6 Å². The number of nitrogens with zero attached hydrogens (tertiary/aromatic N) is 4. The van der Waals surface area contributed by atoms with Gasteiger partial charge in [-0.25, -0.2) is 9.37 Å². The first-order valence-corrected chi connectivity index (χ1v) is 5.32. The van der Waals surface area contributed by atoms with Crippen molar-refractivity contribution in [3.05, 3.63) is 29.8 Å². The van der Waals surface area contributed by atoms with Gasteiger partial charge in [-0.2, -0.15) is 5.10 Å². The molecule has 5 nitrogen and oxygen atoms in total. The summed E-state index contributed by atoms with van der Waals surface area (Å²) in [5.41, 5.74) is 1.88. The fourth-order valence-electron chi connectivity index (χ4n) is 1.77. The lowest BCUT2D eigenvalue weighted by Gasteiger charge is -2.01. The largest absolute Gasteiger partial charge is 0.494 e. The predicted molar refractivity (Wildman–Crippen MR) is 63.0 cm³/mol. The second-order valence-corrected chi connectivity index (χ2v) is 3.87. The number of methoxy groups -OCH3 is 1. The van der Waals surface area contributed by atoms with Gasteiger partial charge in [-0.1, -0.05) is 0 Å². The third kappa shape index (κ3) is 1.54. The van der Waals surface area contributed by atoms with Crippen LogP contribution in [0, 0.1) is 12.7 Å². The summed E-state index contributed by atoms with van der Waals surface area (Å²) in [6.45, 7) is 1.80. The van der Waals surface area contributed by atoms with Crippen LogP contribution in [0.1, 0.15) is 5.69 Å². The lowest BCUT2D eigenvalue weighted by atomic mass is 10.2. The summed E-state index contributed by atoms with van der Waals surface area (Å²) in [6, 6.07) is 2.87. The Bertz CT molecular complexity index is 716. The number of aryl methyl sites for hydroxylation is 1. The molecule has 6 heteroatoms. The third-order valence-electron chi connectivity index (χ3n) is 2.71. The van der Waals surface area contributed by atoms with E-state index >= 15 is 0 Å². The van der Waals surface area contributed by atoms with Crippen LogP contribution < -0.4 is 4.74 Å². The van der Waals surface area contributed by atoms with Gasteiger partial charge in [0, 0.05) is 17.6 Å². The van der Waals surface area contributed by atoms with Gasteiger partial charge in [-0.3, -0.25) is 4.98 Å². The Labute approximate surface area is 102 Å². The lowest BCUT2D eigenvalue weighted by molar-refractivity contribution is 0.387. The summed E-state index contributed by atoms with van der Waals surface area (Å²) in [4.78, 5) is 8.56. The molecule has 0 aromatic heterocycles. The molecule has 0 amide bonds. The Morgan fingerprint density at radius 1 is 1.22 bits per heavy atom. The van der Waals surface area contributed by atoms with Crippen molar-refractivity contribution in [2.45, 2.75) is 6.92 Å². The molecule has 0 bridgehead atoms. The molecule has 90 valence electrons. The number of halogens is 1. The van der Waals surface area contributed by atoms with Crippen LogP contribution >= 0.6 is 0 Å². The number of benzene rings is 1. The molecule has 0 aliphatic carbocycles. The molecular weight excluding hydrogens is 235 g/mol. The van der Waals surface area contributed by atoms with Crippen LogP contribution in [0.15, 0.2) is 18.3 Å². The standard InChI is InChI=1S/C12H9FN4O/c1-6-11-12(17-16-6)15-9-4-10(18-2)8(13)3-7(9)5-14-11/h3-5H,1-2H3. The molecule has 0 saturated heterocycles. The Morgan fingerprint density at radius 2 is 2.06 bits per heavy atom. The van der Waals surface area contributed by atoms with Gasteiger partial charge < -0.3 is 4.74 Å². The summed E-state index contributed by atoms with van der Waals surface area (Å²) in [5, 5.41) is 8.43. The van der Waals surface area contributed by atoms with Crippen LogP contribution in [0.2, 0.25) is 0 Å². The van der Waals surface area contributed by atoms with Crippen molar-refractivity contribution in [1.29, 1.82) is 0 Å². The van der Waals surface area contributed by atoms with E-state index in [0.29, 0.717) is 28.1 Å². The zero-order chi connectivity index (χ0) is 12.7. The van der Waals surface area contributed by atoms with Crippen LogP contribution in [-0.4, -0.2) is 27.3 Å². The predicted octanol–water partition coefficient (Wildman–Crippen LogP) is 1.98. The highest BCUT2D eigenvalue weighted by Crippen LogP contribution is 2.25. The third-order valence-corrected chi connectivity index (χ3v) is 2.71. The average Bonchev–Trinajstić information content (AvgIpc) is 2.60. The molecule has 0 saturated carbocycles. The van der Waals surface area contributed by atoms with E-state index < -0.39 is 5.82 Å². The van der Waals surface area contributed by atoms with E-state index in [1.54, 1.807) is 13.1 Å². The van der Waals surface area contributed by atoms with E-state index in [2.05, 4.69) is 20.2 Å². The van der Waals surface area contributed by atoms with E-state index in [0.717, 1.165) is 0 Å². The van der Waals surface area contributed by atoms with Gasteiger partial charge >= 0.3 is 0 Å². The van der Waals surface area contributed by atoms with Crippen LogP contribution in [0.25, 0.3) is 22.4 Å². The smallest absolute Gasteiger partial charge is 0.202 e. The number of aromatic nitrogens is 4. The lowest BCUT2D eigenvalue weighted by Crippen LogP contribution is -1.88. The number of ether oxygens (including phenoxy) is 1. The molecule has 0 fully saturated rings. The molecule has 2 heterocycles. The van der Waals surface area contributed by atoms with E-state index in [1.807, 2.05) is 0 Å². The number of hydrogen-bond donors (Lipinski definition) is 0. The number of hydrogen-bond acceptors (Lipinski definition) is 5. The highest BCUT2D eigenvalue weighted by molar-refractivity contribution is 5.80. The minimum atomic E-state index is -0.442. The highest BCUT2D eigenvalue weighted by atomic mass is 19.1. The van der Waals surface area contributed by atoms with Crippen LogP contribution in [-0.2, 0) is 0 Å². The highest BCUT2D eigenvalue weighted by Gasteiger charge is 2.13. The maximum atomic E-state index is 13.6. The molecule has 18 heavy (non-hydrogen) atoms. The molecule has 0 atom stereocenters. The maximum absolute atomic E-state index is 13.6. The van der Waals surface area contributed by atoms with Crippen LogP contribution in [0.5, 0.6) is 5.75 Å². The SMILES string of the molecule is COc1cc2nc3nnc(C)c-3ncc2cc1F. The molecule has 2 aliphatic heterocycles. The van der Waals surface area contributed by atoms with E-state index in [1.165, 1.54) is 19.2 Å². The quantitative estimate of drug-likeness (QED) is 0.655. The molecule has 0 radical (unpaired) electrons. The Balaban J connectivity index is 2.37. The van der Waals surface area contributed by atoms with E-state index in [9.17, 15) is 4.39 Å². The van der Waals surface area contributed by atoms with Crippen molar-refractivity contribution >= 4 is 10.9 Å². The van der Waals surface area contributed by atoms with Crippen molar-refractivity contribution in [2.24, 2.45) is 0 Å². The van der Waals surface area contributed by atoms with Gasteiger partial charge in [0.05, 0.1) is 18.3 Å². The number of fused-ring (bicyclic) bond motifs is 2. The average molecular weight is 244 g/mol. The normalized spacial score (nSPS) is 11.1. The van der Waals surface area contributed by atoms with Crippen molar-refractivity contribution in [3.8, 4) is 17.3 Å². The summed E-state index contributed by atoms with van der Waals surface area (Å²) < 4.78 is 18.5. The summed E-state index contributed by atoms with van der Waals surface area (Å²) in [6.07, 6.45) is 1.56. The van der Waals surface area contributed by atoms with Crippen LogP contribution in [0.4, 0.5) is 4.39 Å². The molecule has 0 spiro atoms. The summed E-state index contributed by atoms with van der Waals surface area (Å²) in [5.74, 6) is 0.143. The van der Waals surface area contributed by atoms with Gasteiger partial charge in [0.25, 0.3) is 0 Å². The molecular formula is C12H9FN4O. The van der Waals surface area contributed by atoms with Gasteiger partial charge in [-0.05, 0) is 13.0 Å². The van der Waals surface area contributed by atoms with Gasteiger partial charge in [-0.15, -0.1) is 5.10 Å². The second kappa shape index (κ2) is 3.83. The molecule has 3 rings (SSSR count). The molecule has 2 aliphatic rings. The topological polar surface area (TPSA) is 60.8 Å². The fourth-order valence-corrected chi connectivity index (χ4v) is 1.77. The molecule has 1 aromatic carbocycles. The van der Waals surface area contributed by atoms with Crippen molar-refractivity contribution in [3.63, 3.8) is 0 Å². The van der Waals surface area contributed by atoms with E-state index in [4.69, 9.17) is 4.74 Å². The molecule has 0 unspecified atom stereocenters. The molecule has 0 N–H and O–H groups in total. The van der Waals surface area contributed by atoms with Crippen molar-refractivity contribution in [1.82, 2.24) is 20.2 Å². The molecule has 1 aromatic rings. The zero-order valence-corrected chi connectivity index (χ0v) is 9.81. The maximum Gasteiger partial charge on any atom is 0.202 e. The summed E-state index contributed by atoms with van der Waals surface area (Å²) in [7, 11) is 1.41. The Hall–Kier alpha value is -2.37. The van der Waals surface area contributed by atoms with Crippen molar-refractivity contribution < 1.29 is 9.13 Å². The van der Waals surface area contributed by atoms with Gasteiger partial charge in [0.1, 0.15) is 5.69 Å². The first-order valence-electron chi connectivity index (χ1n) is 5.32. The second-order valence-electron chi connectivity index (χ2n) is 3.87. The first kappa shape index (κ1) is 10.8. The number of rotatable bonds is 1. The Morgan fingerprint density at radius 3 is 2.83 bits per heavy atom. The fraction of sp³-hybridized carbons (Fsp3) is 0.167. The first-order chi connectivity index (χ1) is 8.69. The minimum Gasteiger partial charge on any atom is -0.494 e. The minimum absolute atomic E-state index is 0.144. The van der Waals surface area contributed by atoms with E-state index in [-0.39, 0.29) is 5.75 Å². The monoisotopic (exact) mass is 244 g/mol. The Kier molecular flexibility index (Phi) is 2.29. The van der Waals surface area contributed by atoms with Gasteiger partial charge in [0.2, 0.25) is 5.82 Å². The zero-order valence-electron chi connectivity index (χ0n) is 9.81.